The highest BCUT2D eigenvalue weighted by atomic mass is 16.5. The molecule has 6 N–H and O–H groups in total. The zero-order valence-corrected chi connectivity index (χ0v) is 11.6. The summed E-state index contributed by atoms with van der Waals surface area (Å²) >= 11 is 0. The molecule has 0 aromatic carbocycles. The fourth-order valence-electron chi connectivity index (χ4n) is 1.99. The third kappa shape index (κ3) is 2.78. The first-order valence-corrected chi connectivity index (χ1v) is 6.19. The number of aliphatic hydroxyl groups excluding tert-OH is 3. The maximum atomic E-state index is 12.1. The highest BCUT2D eigenvalue weighted by molar-refractivity contribution is 5.61. The molecule has 21 heavy (non-hydrogen) atoms. The van der Waals surface area contributed by atoms with Crippen LogP contribution in [0.2, 0.25) is 0 Å². The van der Waals surface area contributed by atoms with Gasteiger partial charge in [-0.2, -0.15) is 4.98 Å². The predicted molar refractivity (Wildman–Crippen MR) is 71.8 cm³/mol. The summed E-state index contributed by atoms with van der Waals surface area (Å²) in [6.45, 7) is -0.195. The molecule has 118 valence electrons. The molecule has 2 heterocycles. The second kappa shape index (κ2) is 5.85. The van der Waals surface area contributed by atoms with Gasteiger partial charge in [0.2, 0.25) is 0 Å². The van der Waals surface area contributed by atoms with Crippen molar-refractivity contribution in [1.29, 1.82) is 0 Å². The predicted octanol–water partition coefficient (Wildman–Crippen LogP) is -2.78. The van der Waals surface area contributed by atoms with Gasteiger partial charge in [-0.25, -0.2) is 0 Å². The number of nitrogen functional groups attached to an aromatic ring is 1. The molecule has 0 bridgehead atoms. The molecule has 1 aromatic rings. The fourth-order valence-corrected chi connectivity index (χ4v) is 1.99. The summed E-state index contributed by atoms with van der Waals surface area (Å²) in [4.78, 5) is 16.0. The van der Waals surface area contributed by atoms with E-state index in [9.17, 15) is 20.1 Å². The Balaban J connectivity index is 2.28. The largest absolute Gasteiger partial charge is 0.468 e. The van der Waals surface area contributed by atoms with Crippen LogP contribution in [0.25, 0.3) is 0 Å². The van der Waals surface area contributed by atoms with Crippen molar-refractivity contribution in [2.24, 2.45) is 7.05 Å². The molecule has 1 aromatic heterocycles. The first-order valence-electron chi connectivity index (χ1n) is 6.19. The molecule has 1 fully saturated rings. The summed E-state index contributed by atoms with van der Waals surface area (Å²) in [6.07, 6.45) is -5.13. The maximum absolute atomic E-state index is 12.1. The SMILES string of the molecule is COc1nc(N)c(N[C@@H]2OC[C@@H](O)[C@@H](O)[C@@H]2O)c(=O)n1C. The third-order valence-corrected chi connectivity index (χ3v) is 3.25. The Kier molecular flexibility index (Phi) is 4.32. The minimum Gasteiger partial charge on any atom is -0.468 e. The van der Waals surface area contributed by atoms with Crippen LogP contribution >= 0.6 is 0 Å². The topological polar surface area (TPSA) is 152 Å². The van der Waals surface area contributed by atoms with Crippen molar-refractivity contribution in [1.82, 2.24) is 9.55 Å². The molecule has 0 radical (unpaired) electrons. The Bertz CT molecular complexity index is 577. The lowest BCUT2D eigenvalue weighted by molar-refractivity contribution is -0.178. The van der Waals surface area contributed by atoms with Crippen LogP contribution < -0.4 is 21.3 Å². The molecule has 0 aliphatic carbocycles. The summed E-state index contributed by atoms with van der Waals surface area (Å²) < 4.78 is 11.2. The molecule has 2 rings (SSSR count). The van der Waals surface area contributed by atoms with Crippen LogP contribution in [0.4, 0.5) is 11.5 Å². The molecule has 0 saturated carbocycles. The molecule has 0 unspecified atom stereocenters. The summed E-state index contributed by atoms with van der Waals surface area (Å²) in [5.41, 5.74) is 5.05. The number of nitrogens with zero attached hydrogens (tertiary/aromatic N) is 2. The smallest absolute Gasteiger partial charge is 0.300 e. The van der Waals surface area contributed by atoms with E-state index in [0.29, 0.717) is 0 Å². The molecule has 1 aliphatic rings. The Labute approximate surface area is 119 Å². The molecule has 1 aliphatic heterocycles. The second-order valence-electron chi connectivity index (χ2n) is 4.67. The maximum Gasteiger partial charge on any atom is 0.300 e. The van der Waals surface area contributed by atoms with Crippen molar-refractivity contribution < 1.29 is 24.8 Å². The van der Waals surface area contributed by atoms with Crippen molar-refractivity contribution in [2.45, 2.75) is 24.5 Å². The van der Waals surface area contributed by atoms with Gasteiger partial charge in [-0.1, -0.05) is 0 Å². The van der Waals surface area contributed by atoms with Crippen molar-refractivity contribution in [3.8, 4) is 6.01 Å². The van der Waals surface area contributed by atoms with Crippen LogP contribution in [-0.4, -0.2) is 63.1 Å². The molecule has 0 amide bonds. The number of ether oxygens (including phenoxy) is 2. The van der Waals surface area contributed by atoms with Gasteiger partial charge >= 0.3 is 6.01 Å². The molecular formula is C11H18N4O6. The van der Waals surface area contributed by atoms with E-state index in [1.807, 2.05) is 0 Å². The molecule has 10 nitrogen and oxygen atoms in total. The van der Waals surface area contributed by atoms with Crippen LogP contribution in [0.15, 0.2) is 4.79 Å². The van der Waals surface area contributed by atoms with Crippen molar-refractivity contribution >= 4 is 11.5 Å². The lowest BCUT2D eigenvalue weighted by Gasteiger charge is -2.35. The molecule has 4 atom stereocenters. The standard InChI is InChI=1S/C11H18N4O6/c1-15-10(19)5(8(12)14-11(15)20-2)13-9-7(18)6(17)4(16)3-21-9/h4,6-7,9,13,16-18H,3,12H2,1-2H3/t4-,6-,7+,9-/m1/s1. The second-order valence-corrected chi connectivity index (χ2v) is 4.67. The van der Waals surface area contributed by atoms with Crippen LogP contribution in [0.5, 0.6) is 6.01 Å². The average molecular weight is 302 g/mol. The monoisotopic (exact) mass is 302 g/mol. The van der Waals surface area contributed by atoms with Crippen molar-refractivity contribution in [3.63, 3.8) is 0 Å². The number of hydrogen-bond acceptors (Lipinski definition) is 9. The summed E-state index contributed by atoms with van der Waals surface area (Å²) in [5, 5.41) is 31.4. The van der Waals surface area contributed by atoms with E-state index in [4.69, 9.17) is 15.2 Å². The lowest BCUT2D eigenvalue weighted by atomic mass is 10.0. The van der Waals surface area contributed by atoms with Gasteiger partial charge in [-0.05, 0) is 0 Å². The Hall–Kier alpha value is -1.88. The first-order chi connectivity index (χ1) is 9.86. The Morgan fingerprint density at radius 3 is 2.71 bits per heavy atom. The zero-order valence-electron chi connectivity index (χ0n) is 11.6. The van der Waals surface area contributed by atoms with Crippen LogP contribution in [0.3, 0.4) is 0 Å². The van der Waals surface area contributed by atoms with E-state index >= 15 is 0 Å². The van der Waals surface area contributed by atoms with E-state index in [1.165, 1.54) is 14.2 Å². The van der Waals surface area contributed by atoms with Crippen molar-refractivity contribution in [3.05, 3.63) is 10.4 Å². The number of rotatable bonds is 3. The number of nitrogens with one attached hydrogen (secondary N) is 1. The minimum absolute atomic E-state index is 0.0311. The minimum atomic E-state index is -1.43. The number of aromatic nitrogens is 2. The van der Waals surface area contributed by atoms with Gasteiger partial charge in [0.15, 0.2) is 12.0 Å². The Morgan fingerprint density at radius 1 is 1.43 bits per heavy atom. The molecular weight excluding hydrogens is 284 g/mol. The highest BCUT2D eigenvalue weighted by Crippen LogP contribution is 2.20. The van der Waals surface area contributed by atoms with Gasteiger partial charge < -0.3 is 35.8 Å². The Morgan fingerprint density at radius 2 is 2.10 bits per heavy atom. The van der Waals surface area contributed by atoms with Gasteiger partial charge in [0.1, 0.15) is 24.0 Å². The lowest BCUT2D eigenvalue weighted by Crippen LogP contribution is -2.56. The van der Waals surface area contributed by atoms with Gasteiger partial charge in [0, 0.05) is 7.05 Å². The normalized spacial score (nSPS) is 29.2. The van der Waals surface area contributed by atoms with Gasteiger partial charge in [0.05, 0.1) is 13.7 Å². The zero-order chi connectivity index (χ0) is 15.7. The summed E-state index contributed by atoms with van der Waals surface area (Å²) in [7, 11) is 2.79. The fraction of sp³-hybridized carbons (Fsp3) is 0.636. The van der Waals surface area contributed by atoms with E-state index in [0.717, 1.165) is 4.57 Å². The average Bonchev–Trinajstić information content (AvgIpc) is 2.47. The summed E-state index contributed by atoms with van der Waals surface area (Å²) in [5.74, 6) is -0.133. The molecule has 10 heteroatoms. The molecule has 0 spiro atoms. The van der Waals surface area contributed by atoms with Crippen LogP contribution in [-0.2, 0) is 11.8 Å². The van der Waals surface area contributed by atoms with Crippen LogP contribution in [0.1, 0.15) is 0 Å². The first kappa shape index (κ1) is 15.5. The number of hydrogen-bond donors (Lipinski definition) is 5. The van der Waals surface area contributed by atoms with E-state index < -0.39 is 30.1 Å². The van der Waals surface area contributed by atoms with Gasteiger partial charge in [-0.3, -0.25) is 9.36 Å². The van der Waals surface area contributed by atoms with E-state index in [-0.39, 0.29) is 24.1 Å². The number of aliphatic hydroxyl groups is 3. The molecule has 1 saturated heterocycles. The van der Waals surface area contributed by atoms with Gasteiger partial charge in [0.25, 0.3) is 5.56 Å². The number of anilines is 2. The highest BCUT2D eigenvalue weighted by Gasteiger charge is 2.38. The van der Waals surface area contributed by atoms with Crippen LogP contribution in [0, 0.1) is 0 Å². The quantitative estimate of drug-likeness (QED) is 0.399. The van der Waals surface area contributed by atoms with Crippen molar-refractivity contribution in [2.75, 3.05) is 24.8 Å². The van der Waals surface area contributed by atoms with E-state index in [2.05, 4.69) is 10.3 Å². The van der Waals surface area contributed by atoms with Gasteiger partial charge in [-0.15, -0.1) is 0 Å². The summed E-state index contributed by atoms with van der Waals surface area (Å²) in [6, 6.07) is 0.0311. The third-order valence-electron chi connectivity index (χ3n) is 3.25. The number of nitrogens with two attached hydrogens (primary N) is 1. The number of methoxy groups -OCH3 is 1. The van der Waals surface area contributed by atoms with E-state index in [1.54, 1.807) is 0 Å².